The van der Waals surface area contributed by atoms with Crippen LogP contribution in [0.5, 0.6) is 0 Å². The largest absolute Gasteiger partial charge is 0.312 e. The van der Waals surface area contributed by atoms with Gasteiger partial charge in [-0.15, -0.1) is 0 Å². The van der Waals surface area contributed by atoms with E-state index in [1.54, 1.807) is 35.2 Å². The lowest BCUT2D eigenvalue weighted by Crippen LogP contribution is -2.42. The highest BCUT2D eigenvalue weighted by Gasteiger charge is 2.29. The monoisotopic (exact) mass is 358 g/mol. The summed E-state index contributed by atoms with van der Waals surface area (Å²) in [5.74, 6) is -0.0659. The van der Waals surface area contributed by atoms with Gasteiger partial charge < -0.3 is 4.90 Å². The molecule has 0 saturated carbocycles. The second kappa shape index (κ2) is 7.80. The van der Waals surface area contributed by atoms with Gasteiger partial charge in [0, 0.05) is 24.7 Å². The molecule has 1 amide bonds. The van der Waals surface area contributed by atoms with Crippen LogP contribution >= 0.6 is 0 Å². The van der Waals surface area contributed by atoms with Crippen molar-refractivity contribution < 1.29 is 13.2 Å². The highest BCUT2D eigenvalue weighted by Crippen LogP contribution is 2.26. The molecule has 2 aromatic rings. The van der Waals surface area contributed by atoms with Crippen LogP contribution in [0.25, 0.3) is 0 Å². The zero-order chi connectivity index (χ0) is 17.7. The summed E-state index contributed by atoms with van der Waals surface area (Å²) in [6.45, 7) is 0.978. The van der Waals surface area contributed by atoms with E-state index in [1.165, 1.54) is 0 Å². The lowest BCUT2D eigenvalue weighted by Gasteiger charge is -2.32. The van der Waals surface area contributed by atoms with Crippen LogP contribution in [0.2, 0.25) is 0 Å². The minimum absolute atomic E-state index is 0.0800. The van der Waals surface area contributed by atoms with Gasteiger partial charge in [-0.25, -0.2) is 13.1 Å². The van der Waals surface area contributed by atoms with E-state index in [-0.39, 0.29) is 23.3 Å². The second-order valence-electron chi connectivity index (χ2n) is 6.16. The van der Waals surface area contributed by atoms with Crippen molar-refractivity contribution in [3.63, 3.8) is 0 Å². The quantitative estimate of drug-likeness (QED) is 0.863. The molecule has 0 radical (unpaired) electrons. The van der Waals surface area contributed by atoms with Crippen molar-refractivity contribution in [3.05, 3.63) is 60.7 Å². The van der Waals surface area contributed by atoms with Crippen molar-refractivity contribution in [2.75, 3.05) is 18.0 Å². The minimum atomic E-state index is -3.52. The summed E-state index contributed by atoms with van der Waals surface area (Å²) in [4.78, 5) is 14.8. The zero-order valence-corrected chi connectivity index (χ0v) is 14.8. The Balaban J connectivity index is 1.59. The van der Waals surface area contributed by atoms with Gasteiger partial charge in [-0.3, -0.25) is 4.79 Å². The number of carbonyl (C=O) groups excluding carboxylic acids is 1. The molecule has 0 bridgehead atoms. The Labute approximate surface area is 148 Å². The van der Waals surface area contributed by atoms with Crippen molar-refractivity contribution in [2.24, 2.45) is 5.92 Å². The molecule has 0 spiro atoms. The number of piperidine rings is 1. The van der Waals surface area contributed by atoms with Crippen LogP contribution in [-0.4, -0.2) is 27.4 Å². The molecule has 132 valence electrons. The normalized spacial score (nSPS) is 18.3. The molecule has 1 N–H and O–H groups in total. The predicted octanol–water partition coefficient (Wildman–Crippen LogP) is 2.80. The van der Waals surface area contributed by atoms with Crippen molar-refractivity contribution in [3.8, 4) is 0 Å². The summed E-state index contributed by atoms with van der Waals surface area (Å²) in [7, 11) is -3.52. The molecule has 5 nitrogen and oxygen atoms in total. The fourth-order valence-corrected chi connectivity index (χ4v) is 4.20. The summed E-state index contributed by atoms with van der Waals surface area (Å²) in [6, 6.07) is 17.9. The third kappa shape index (κ3) is 4.27. The fraction of sp³-hybridized carbons (Fsp3) is 0.316. The number of sulfonamides is 1. The maximum atomic E-state index is 12.7. The number of amides is 1. The molecule has 6 heteroatoms. The summed E-state index contributed by atoms with van der Waals surface area (Å²) < 4.78 is 27.1. The van der Waals surface area contributed by atoms with Crippen molar-refractivity contribution in [1.29, 1.82) is 0 Å². The SMILES string of the molecule is O=C1C(CCNS(=O)(=O)c2ccccc2)CCCN1c1ccccc1. The zero-order valence-electron chi connectivity index (χ0n) is 14.0. The van der Waals surface area contributed by atoms with Crippen molar-refractivity contribution >= 4 is 21.6 Å². The molecule has 1 saturated heterocycles. The Kier molecular flexibility index (Phi) is 5.50. The van der Waals surface area contributed by atoms with Crippen LogP contribution in [0.4, 0.5) is 5.69 Å². The van der Waals surface area contributed by atoms with Crippen LogP contribution in [0.1, 0.15) is 19.3 Å². The smallest absolute Gasteiger partial charge is 0.240 e. The van der Waals surface area contributed by atoms with Crippen LogP contribution in [-0.2, 0) is 14.8 Å². The lowest BCUT2D eigenvalue weighted by atomic mass is 9.93. The Morgan fingerprint density at radius 3 is 2.32 bits per heavy atom. The third-order valence-corrected chi connectivity index (χ3v) is 5.93. The molecule has 25 heavy (non-hydrogen) atoms. The first kappa shape index (κ1) is 17.6. The van der Waals surface area contributed by atoms with E-state index in [1.807, 2.05) is 30.3 Å². The Hall–Kier alpha value is -2.18. The highest BCUT2D eigenvalue weighted by atomic mass is 32.2. The number of hydrogen-bond donors (Lipinski definition) is 1. The first-order chi connectivity index (χ1) is 12.1. The van der Waals surface area contributed by atoms with Crippen LogP contribution < -0.4 is 9.62 Å². The fourth-order valence-electron chi connectivity index (χ4n) is 3.13. The van der Waals surface area contributed by atoms with E-state index in [0.717, 1.165) is 25.1 Å². The van der Waals surface area contributed by atoms with E-state index < -0.39 is 10.0 Å². The van der Waals surface area contributed by atoms with Gasteiger partial charge >= 0.3 is 0 Å². The second-order valence-corrected chi connectivity index (χ2v) is 7.93. The summed E-state index contributed by atoms with van der Waals surface area (Å²) in [5.41, 5.74) is 0.905. The molecule has 1 aliphatic heterocycles. The van der Waals surface area contributed by atoms with Gasteiger partial charge in [-0.2, -0.15) is 0 Å². The average Bonchev–Trinajstić information content (AvgIpc) is 2.64. The maximum absolute atomic E-state index is 12.7. The molecular formula is C19H22N2O3S. The number of nitrogens with zero attached hydrogens (tertiary/aromatic N) is 1. The van der Waals surface area contributed by atoms with Crippen LogP contribution in [0.15, 0.2) is 65.6 Å². The summed E-state index contributed by atoms with van der Waals surface area (Å²) >= 11 is 0. The third-order valence-electron chi connectivity index (χ3n) is 4.46. The Bertz CT molecular complexity index is 807. The molecule has 1 atom stereocenters. The number of carbonyl (C=O) groups is 1. The number of para-hydroxylation sites is 1. The molecule has 1 aliphatic rings. The standard InChI is InChI=1S/C19H22N2O3S/c22-19-16(8-7-15-21(19)17-9-3-1-4-10-17)13-14-20-25(23,24)18-11-5-2-6-12-18/h1-6,9-12,16,20H,7-8,13-15H2. The van der Waals surface area contributed by atoms with Gasteiger partial charge in [0.25, 0.3) is 0 Å². The van der Waals surface area contributed by atoms with Gasteiger partial charge in [-0.05, 0) is 43.5 Å². The van der Waals surface area contributed by atoms with E-state index in [9.17, 15) is 13.2 Å². The molecule has 0 aliphatic carbocycles. The molecular weight excluding hydrogens is 336 g/mol. The topological polar surface area (TPSA) is 66.5 Å². The first-order valence-corrected chi connectivity index (χ1v) is 9.97. The maximum Gasteiger partial charge on any atom is 0.240 e. The van der Waals surface area contributed by atoms with E-state index in [4.69, 9.17) is 0 Å². The minimum Gasteiger partial charge on any atom is -0.312 e. The number of nitrogens with one attached hydrogen (secondary N) is 1. The lowest BCUT2D eigenvalue weighted by molar-refractivity contribution is -0.123. The summed E-state index contributed by atoms with van der Waals surface area (Å²) in [6.07, 6.45) is 2.24. The van der Waals surface area contributed by atoms with E-state index >= 15 is 0 Å². The van der Waals surface area contributed by atoms with E-state index in [2.05, 4.69) is 4.72 Å². The number of anilines is 1. The number of benzene rings is 2. The van der Waals surface area contributed by atoms with Gasteiger partial charge in [0.05, 0.1) is 4.90 Å². The van der Waals surface area contributed by atoms with Gasteiger partial charge in [-0.1, -0.05) is 36.4 Å². The van der Waals surface area contributed by atoms with Crippen LogP contribution in [0.3, 0.4) is 0 Å². The molecule has 0 aromatic heterocycles. The number of rotatable bonds is 6. The highest BCUT2D eigenvalue weighted by molar-refractivity contribution is 7.89. The summed E-state index contributed by atoms with van der Waals surface area (Å²) in [5, 5.41) is 0. The molecule has 2 aromatic carbocycles. The Morgan fingerprint density at radius 2 is 1.64 bits per heavy atom. The molecule has 1 fully saturated rings. The van der Waals surface area contributed by atoms with Gasteiger partial charge in [0.15, 0.2) is 0 Å². The van der Waals surface area contributed by atoms with Gasteiger partial charge in [0.2, 0.25) is 15.9 Å². The first-order valence-electron chi connectivity index (χ1n) is 8.49. The molecule has 1 unspecified atom stereocenters. The average molecular weight is 358 g/mol. The molecule has 3 rings (SSSR count). The molecule has 1 heterocycles. The Morgan fingerprint density at radius 1 is 1.00 bits per heavy atom. The van der Waals surface area contributed by atoms with Crippen molar-refractivity contribution in [2.45, 2.75) is 24.2 Å². The van der Waals surface area contributed by atoms with Gasteiger partial charge in [0.1, 0.15) is 0 Å². The van der Waals surface area contributed by atoms with Crippen molar-refractivity contribution in [1.82, 2.24) is 4.72 Å². The predicted molar refractivity (Wildman–Crippen MR) is 97.8 cm³/mol. The van der Waals surface area contributed by atoms with Crippen LogP contribution in [0, 0.1) is 5.92 Å². The number of hydrogen-bond acceptors (Lipinski definition) is 3. The van der Waals surface area contributed by atoms with E-state index in [0.29, 0.717) is 6.42 Å².